The summed E-state index contributed by atoms with van der Waals surface area (Å²) in [6, 6.07) is 8.85. The zero-order valence-corrected chi connectivity index (χ0v) is 16.7. The minimum Gasteiger partial charge on any atom is -0.506 e. The normalized spacial score (nSPS) is 17.7. The van der Waals surface area contributed by atoms with Crippen LogP contribution in [0.4, 0.5) is 8.63 Å². The van der Waals surface area contributed by atoms with Gasteiger partial charge in [-0.1, -0.05) is 6.07 Å². The minimum absolute atomic E-state index is 0.0712. The number of aromatic hydroxyl groups is 1. The Kier molecular flexibility index (Phi) is 3.48. The molecule has 1 N–H and O–H groups in total. The molecule has 146 valence electrons. The van der Waals surface area contributed by atoms with Crippen molar-refractivity contribution >= 4 is 29.2 Å². The van der Waals surface area contributed by atoms with Crippen LogP contribution in [0.15, 0.2) is 53.9 Å². The summed E-state index contributed by atoms with van der Waals surface area (Å²) in [6.45, 7) is 3.16. The van der Waals surface area contributed by atoms with Crippen molar-refractivity contribution in [3.63, 3.8) is 0 Å². The molecule has 0 bridgehead atoms. The summed E-state index contributed by atoms with van der Waals surface area (Å²) in [7, 11) is 0. The summed E-state index contributed by atoms with van der Waals surface area (Å²) in [6.07, 6.45) is 3.42. The van der Waals surface area contributed by atoms with E-state index in [-0.39, 0.29) is 5.75 Å². The lowest BCUT2D eigenvalue weighted by Gasteiger charge is -2.34. The fourth-order valence-electron chi connectivity index (χ4n) is 4.93. The predicted octanol–water partition coefficient (Wildman–Crippen LogP) is 4.79. The van der Waals surface area contributed by atoms with Crippen LogP contribution in [0, 0.1) is 13.8 Å². The van der Waals surface area contributed by atoms with Gasteiger partial charge in [0.05, 0.1) is 5.57 Å². The smallest absolute Gasteiger partial charge is 0.506 e. The first-order chi connectivity index (χ1) is 13.7. The van der Waals surface area contributed by atoms with E-state index >= 15 is 8.63 Å². The number of nitrogens with zero attached hydrogens (tertiary/aromatic N) is 3. The average Bonchev–Trinajstić information content (AvgIpc) is 3.14. The van der Waals surface area contributed by atoms with Gasteiger partial charge in [-0.05, 0) is 61.9 Å². The lowest BCUT2D eigenvalue weighted by atomic mass is 9.83. The topological polar surface area (TPSA) is 41.1 Å². The van der Waals surface area contributed by atoms with Crippen molar-refractivity contribution in [2.75, 3.05) is 0 Å². The molecule has 4 nitrogen and oxygen atoms in total. The molecule has 2 aliphatic rings. The number of fused-ring (bicyclic) bond motifs is 3. The summed E-state index contributed by atoms with van der Waals surface area (Å²) in [4.78, 5) is 4.31. The van der Waals surface area contributed by atoms with E-state index < -0.39 is 6.97 Å². The van der Waals surface area contributed by atoms with E-state index in [1.165, 1.54) is 8.96 Å². The lowest BCUT2D eigenvalue weighted by molar-refractivity contribution is -0.363. The number of aryl methyl sites for hydroxylation is 2. The lowest BCUT2D eigenvalue weighted by Crippen LogP contribution is -2.51. The SMILES string of the molecule is CC1=CC(C)=[N+]2C1=C(c1ccc(O)c3ncccc13)c1c(C)cc(C)n1[B-]2(F)F. The monoisotopic (exact) mass is 391 g/mol. The third-order valence-electron chi connectivity index (χ3n) is 5.95. The molecule has 4 heterocycles. The second-order valence-corrected chi connectivity index (χ2v) is 7.87. The molecule has 0 amide bonds. The third-order valence-corrected chi connectivity index (χ3v) is 5.95. The summed E-state index contributed by atoms with van der Waals surface area (Å²) in [5, 5.41) is 11.0. The predicted molar refractivity (Wildman–Crippen MR) is 111 cm³/mol. The molecular weight excluding hydrogens is 371 g/mol. The molecule has 0 aliphatic carbocycles. The van der Waals surface area contributed by atoms with Crippen LogP contribution in [-0.4, -0.2) is 31.7 Å². The molecule has 29 heavy (non-hydrogen) atoms. The first kappa shape index (κ1) is 17.9. The molecule has 2 aromatic heterocycles. The van der Waals surface area contributed by atoms with Gasteiger partial charge < -0.3 is 22.7 Å². The molecule has 1 aromatic carbocycles. The molecule has 7 heteroatoms. The Morgan fingerprint density at radius 2 is 1.86 bits per heavy atom. The van der Waals surface area contributed by atoms with E-state index in [1.807, 2.05) is 32.1 Å². The Balaban J connectivity index is 2.00. The molecule has 0 spiro atoms. The summed E-state index contributed by atoms with van der Waals surface area (Å²) < 4.78 is 33.8. The highest BCUT2D eigenvalue weighted by molar-refractivity contribution is 6.58. The van der Waals surface area contributed by atoms with Gasteiger partial charge in [-0.2, -0.15) is 0 Å². The van der Waals surface area contributed by atoms with Gasteiger partial charge in [0.1, 0.15) is 17.0 Å². The number of halogens is 2. The number of aromatic nitrogens is 2. The van der Waals surface area contributed by atoms with Gasteiger partial charge in [0.2, 0.25) is 0 Å². The van der Waals surface area contributed by atoms with Gasteiger partial charge in [-0.25, -0.2) is 0 Å². The van der Waals surface area contributed by atoms with Crippen molar-refractivity contribution in [3.8, 4) is 5.75 Å². The summed E-state index contributed by atoms with van der Waals surface area (Å²) in [5.74, 6) is 0.0712. The molecule has 0 radical (unpaired) electrons. The van der Waals surface area contributed by atoms with Crippen molar-refractivity contribution in [1.82, 2.24) is 9.46 Å². The highest BCUT2D eigenvalue weighted by atomic mass is 19.2. The number of allylic oxidation sites excluding steroid dienone is 2. The Hall–Kier alpha value is -3.22. The van der Waals surface area contributed by atoms with E-state index in [0.717, 1.165) is 27.7 Å². The molecule has 0 atom stereocenters. The quantitative estimate of drug-likeness (QED) is 0.607. The molecule has 0 saturated heterocycles. The van der Waals surface area contributed by atoms with Crippen LogP contribution < -0.4 is 0 Å². The Morgan fingerprint density at radius 1 is 1.10 bits per heavy atom. The van der Waals surface area contributed by atoms with Gasteiger partial charge in [-0.15, -0.1) is 0 Å². The van der Waals surface area contributed by atoms with Crippen LogP contribution in [0.3, 0.4) is 0 Å². The summed E-state index contributed by atoms with van der Waals surface area (Å²) in [5.41, 5.74) is 5.68. The Morgan fingerprint density at radius 3 is 2.62 bits per heavy atom. The van der Waals surface area contributed by atoms with Crippen molar-refractivity contribution in [1.29, 1.82) is 0 Å². The largest absolute Gasteiger partial charge is 0.737 e. The van der Waals surface area contributed by atoms with E-state index in [9.17, 15) is 5.11 Å². The molecule has 0 fully saturated rings. The van der Waals surface area contributed by atoms with E-state index in [1.54, 1.807) is 38.2 Å². The van der Waals surface area contributed by atoms with Crippen molar-refractivity contribution in [2.24, 2.45) is 0 Å². The molecule has 2 aliphatic heterocycles. The second kappa shape index (κ2) is 5.66. The fourth-order valence-corrected chi connectivity index (χ4v) is 4.93. The zero-order chi connectivity index (χ0) is 20.7. The molecule has 0 saturated carbocycles. The van der Waals surface area contributed by atoms with Crippen LogP contribution >= 0.6 is 0 Å². The highest BCUT2D eigenvalue weighted by Gasteiger charge is 2.55. The number of benzene rings is 1. The van der Waals surface area contributed by atoms with Crippen LogP contribution in [0.1, 0.15) is 36.4 Å². The van der Waals surface area contributed by atoms with Gasteiger partial charge in [0.25, 0.3) is 0 Å². The third kappa shape index (κ3) is 2.18. The standard InChI is InChI=1S/C22H20BF2N3O/c1-12-10-14(3)27-21(12)19(22-13(2)11-15(4)28(22)23(27,24)25)16-7-8-18(29)20-17(16)6-5-9-26-20/h5-11,29H,1-4H3. The summed E-state index contributed by atoms with van der Waals surface area (Å²) >= 11 is 0. The van der Waals surface area contributed by atoms with Crippen LogP contribution in [0.25, 0.3) is 16.5 Å². The maximum atomic E-state index is 15.7. The maximum Gasteiger partial charge on any atom is 0.737 e. The van der Waals surface area contributed by atoms with E-state index in [2.05, 4.69) is 4.98 Å². The van der Waals surface area contributed by atoms with Crippen molar-refractivity contribution in [3.05, 3.63) is 76.4 Å². The van der Waals surface area contributed by atoms with Crippen LogP contribution in [-0.2, 0) is 0 Å². The number of hydrogen-bond acceptors (Lipinski definition) is 2. The van der Waals surface area contributed by atoms with Gasteiger partial charge in [0, 0.05) is 35.8 Å². The van der Waals surface area contributed by atoms with Crippen molar-refractivity contribution in [2.45, 2.75) is 27.7 Å². The van der Waals surface area contributed by atoms with Gasteiger partial charge in [-0.3, -0.25) is 4.98 Å². The average molecular weight is 391 g/mol. The first-order valence-corrected chi connectivity index (χ1v) is 9.57. The minimum atomic E-state index is -4.01. The van der Waals surface area contributed by atoms with Gasteiger partial charge in [0.15, 0.2) is 5.70 Å². The van der Waals surface area contributed by atoms with Gasteiger partial charge >= 0.3 is 6.97 Å². The molecular formula is C22H20BF2N3O. The van der Waals surface area contributed by atoms with Crippen molar-refractivity contribution < 1.29 is 18.2 Å². The maximum absolute atomic E-state index is 15.7. The van der Waals surface area contributed by atoms with Crippen LogP contribution in [0.5, 0.6) is 5.75 Å². The van der Waals surface area contributed by atoms with Crippen LogP contribution in [0.2, 0.25) is 0 Å². The number of phenolic OH excluding ortho intramolecular Hbond substituents is 1. The molecule has 0 unspecified atom stereocenters. The Bertz CT molecular complexity index is 1330. The number of phenols is 1. The first-order valence-electron chi connectivity index (χ1n) is 9.57. The van der Waals surface area contributed by atoms with E-state index in [0.29, 0.717) is 28.3 Å². The number of pyridine rings is 1. The second-order valence-electron chi connectivity index (χ2n) is 7.87. The highest BCUT2D eigenvalue weighted by Crippen LogP contribution is 2.46. The fraction of sp³-hybridized carbons (Fsp3) is 0.182. The number of rotatable bonds is 1. The molecule has 5 rings (SSSR count). The zero-order valence-electron chi connectivity index (χ0n) is 16.7. The van der Waals surface area contributed by atoms with E-state index in [4.69, 9.17) is 0 Å². The Labute approximate surface area is 167 Å². The number of hydrogen-bond donors (Lipinski definition) is 1. The molecule has 3 aromatic rings.